The molecule has 1 aromatic heterocycles. The average molecular weight is 223 g/mol. The van der Waals surface area contributed by atoms with Gasteiger partial charge in [0.1, 0.15) is 11.9 Å². The van der Waals surface area contributed by atoms with Crippen LogP contribution in [0.4, 0.5) is 14.6 Å². The molecule has 0 aliphatic heterocycles. The van der Waals surface area contributed by atoms with Crippen LogP contribution in [0.2, 0.25) is 0 Å². The number of nitrogens with two attached hydrogens (primary N) is 2. The Kier molecular flexibility index (Phi) is 3.20. The van der Waals surface area contributed by atoms with E-state index in [1.54, 1.807) is 0 Å². The van der Waals surface area contributed by atoms with Crippen LogP contribution in [-0.2, 0) is 0 Å². The highest BCUT2D eigenvalue weighted by molar-refractivity contribution is 6.22. The average Bonchev–Trinajstić information content (AvgIpc) is 2.07. The van der Waals surface area contributed by atoms with Gasteiger partial charge in [-0.3, -0.25) is 5.84 Å². The van der Waals surface area contributed by atoms with Crippen LogP contribution in [0.1, 0.15) is 11.6 Å². The smallest absolute Gasteiger partial charge is 0.342 e. The molecule has 0 saturated heterocycles. The number of hydrogen-bond acceptors (Lipinski definition) is 4. The molecule has 78 valence electrons. The van der Waals surface area contributed by atoms with Crippen molar-refractivity contribution >= 4 is 17.4 Å². The van der Waals surface area contributed by atoms with Gasteiger partial charge >= 0.3 is 5.38 Å². The summed E-state index contributed by atoms with van der Waals surface area (Å²) in [4.78, 5) is 3.65. The van der Waals surface area contributed by atoms with Crippen molar-refractivity contribution in [2.24, 2.45) is 5.84 Å². The molecule has 1 rings (SSSR count). The maximum absolute atomic E-state index is 12.8. The molecule has 0 saturated carbocycles. The molecule has 0 aliphatic carbocycles. The van der Waals surface area contributed by atoms with Crippen molar-refractivity contribution in [1.82, 2.24) is 10.4 Å². The SMILES string of the molecule is NNC(c1cccnc1N)C(F)(F)Cl. The van der Waals surface area contributed by atoms with Crippen molar-refractivity contribution < 1.29 is 8.78 Å². The van der Waals surface area contributed by atoms with E-state index in [-0.39, 0.29) is 11.4 Å². The Bertz CT molecular complexity index is 315. The Morgan fingerprint density at radius 2 is 2.21 bits per heavy atom. The van der Waals surface area contributed by atoms with Crippen LogP contribution >= 0.6 is 11.6 Å². The van der Waals surface area contributed by atoms with Crippen LogP contribution in [-0.4, -0.2) is 10.4 Å². The Labute approximate surface area is 84.2 Å². The zero-order valence-electron chi connectivity index (χ0n) is 7.05. The number of aromatic nitrogens is 1. The standard InChI is InChI=1S/C7H9ClF2N4/c8-7(9,10)5(14-12)4-2-1-3-13-6(4)11/h1-3,5,14H,12H2,(H2,11,13). The molecule has 5 N–H and O–H groups in total. The second kappa shape index (κ2) is 4.04. The molecule has 0 amide bonds. The summed E-state index contributed by atoms with van der Waals surface area (Å²) in [5, 5.41) is -3.52. The third-order valence-electron chi connectivity index (χ3n) is 1.68. The number of nitrogen functional groups attached to an aromatic ring is 1. The molecular formula is C7H9ClF2N4. The van der Waals surface area contributed by atoms with E-state index in [2.05, 4.69) is 4.98 Å². The van der Waals surface area contributed by atoms with E-state index in [1.165, 1.54) is 18.3 Å². The number of halogens is 3. The highest BCUT2D eigenvalue weighted by atomic mass is 35.5. The minimum Gasteiger partial charge on any atom is -0.383 e. The summed E-state index contributed by atoms with van der Waals surface area (Å²) in [6.45, 7) is 0. The summed E-state index contributed by atoms with van der Waals surface area (Å²) in [7, 11) is 0. The van der Waals surface area contributed by atoms with Crippen LogP contribution in [0.5, 0.6) is 0 Å². The van der Waals surface area contributed by atoms with Gasteiger partial charge in [-0.05, 0) is 17.7 Å². The van der Waals surface area contributed by atoms with Crippen molar-refractivity contribution in [1.29, 1.82) is 0 Å². The lowest BCUT2D eigenvalue weighted by molar-refractivity contribution is 0.0499. The third kappa shape index (κ3) is 2.28. The molecular weight excluding hydrogens is 214 g/mol. The van der Waals surface area contributed by atoms with Gasteiger partial charge in [0, 0.05) is 11.8 Å². The van der Waals surface area contributed by atoms with Crippen LogP contribution in [0, 0.1) is 0 Å². The predicted molar refractivity (Wildman–Crippen MR) is 49.5 cm³/mol. The minimum absolute atomic E-state index is 0.0317. The summed E-state index contributed by atoms with van der Waals surface area (Å²) in [6, 6.07) is 1.29. The summed E-state index contributed by atoms with van der Waals surface area (Å²) in [5.74, 6) is 4.93. The summed E-state index contributed by atoms with van der Waals surface area (Å²) in [5.41, 5.74) is 7.36. The normalized spacial score (nSPS) is 14.0. The number of nitrogens with zero attached hydrogens (tertiary/aromatic N) is 1. The number of alkyl halides is 3. The molecule has 1 atom stereocenters. The lowest BCUT2D eigenvalue weighted by atomic mass is 10.1. The molecule has 0 aromatic carbocycles. The van der Waals surface area contributed by atoms with E-state index in [0.717, 1.165) is 0 Å². The first-order valence-corrected chi connectivity index (χ1v) is 4.08. The minimum atomic E-state index is -3.52. The molecule has 1 aromatic rings. The Hall–Kier alpha value is -0.980. The monoisotopic (exact) mass is 222 g/mol. The van der Waals surface area contributed by atoms with Crippen molar-refractivity contribution in [3.63, 3.8) is 0 Å². The van der Waals surface area contributed by atoms with Gasteiger partial charge in [0.2, 0.25) is 0 Å². The van der Waals surface area contributed by atoms with E-state index in [1.807, 2.05) is 5.43 Å². The van der Waals surface area contributed by atoms with E-state index in [4.69, 9.17) is 23.2 Å². The quantitative estimate of drug-likeness (QED) is 0.405. The second-order valence-electron chi connectivity index (χ2n) is 2.62. The van der Waals surface area contributed by atoms with Gasteiger partial charge in [-0.25, -0.2) is 10.4 Å². The Morgan fingerprint density at radius 3 is 2.64 bits per heavy atom. The van der Waals surface area contributed by atoms with Gasteiger partial charge in [-0.1, -0.05) is 6.07 Å². The first-order chi connectivity index (χ1) is 6.46. The topological polar surface area (TPSA) is 77.0 Å². The fourth-order valence-electron chi connectivity index (χ4n) is 1.03. The molecule has 0 bridgehead atoms. The number of nitrogens with one attached hydrogen (secondary N) is 1. The molecule has 0 spiro atoms. The number of rotatable bonds is 3. The molecule has 7 heteroatoms. The largest absolute Gasteiger partial charge is 0.383 e. The van der Waals surface area contributed by atoms with Crippen LogP contribution < -0.4 is 17.0 Å². The molecule has 1 heterocycles. The zero-order valence-corrected chi connectivity index (χ0v) is 7.80. The van der Waals surface area contributed by atoms with Gasteiger partial charge in [0.05, 0.1) is 0 Å². The fourth-order valence-corrected chi connectivity index (χ4v) is 1.22. The second-order valence-corrected chi connectivity index (χ2v) is 3.12. The molecule has 0 fully saturated rings. The van der Waals surface area contributed by atoms with Crippen molar-refractivity contribution in [3.8, 4) is 0 Å². The van der Waals surface area contributed by atoms with Crippen LogP contribution in [0.15, 0.2) is 18.3 Å². The highest BCUT2D eigenvalue weighted by Crippen LogP contribution is 2.35. The van der Waals surface area contributed by atoms with Crippen molar-refractivity contribution in [3.05, 3.63) is 23.9 Å². The Balaban J connectivity index is 3.08. The summed E-state index contributed by atoms with van der Waals surface area (Å²) < 4.78 is 25.6. The Morgan fingerprint density at radius 1 is 1.57 bits per heavy atom. The maximum Gasteiger partial charge on any atom is 0.342 e. The number of pyridine rings is 1. The highest BCUT2D eigenvalue weighted by Gasteiger charge is 2.38. The first kappa shape index (κ1) is 11.1. The van der Waals surface area contributed by atoms with Gasteiger partial charge in [-0.2, -0.15) is 8.78 Å². The van der Waals surface area contributed by atoms with E-state index >= 15 is 0 Å². The number of hydrogen-bond donors (Lipinski definition) is 3. The van der Waals surface area contributed by atoms with Gasteiger partial charge in [0.15, 0.2) is 0 Å². The first-order valence-electron chi connectivity index (χ1n) is 3.70. The fraction of sp³-hybridized carbons (Fsp3) is 0.286. The molecule has 0 radical (unpaired) electrons. The lowest BCUT2D eigenvalue weighted by Gasteiger charge is -2.21. The molecule has 4 nitrogen and oxygen atoms in total. The van der Waals surface area contributed by atoms with Gasteiger partial charge < -0.3 is 5.73 Å². The summed E-state index contributed by atoms with van der Waals surface area (Å²) in [6.07, 6.45) is 1.39. The number of anilines is 1. The van der Waals surface area contributed by atoms with Gasteiger partial charge in [-0.15, -0.1) is 0 Å². The third-order valence-corrected chi connectivity index (χ3v) is 1.89. The van der Waals surface area contributed by atoms with Crippen molar-refractivity contribution in [2.75, 3.05) is 5.73 Å². The predicted octanol–water partition coefficient (Wildman–Crippen LogP) is 1.000. The lowest BCUT2D eigenvalue weighted by Crippen LogP contribution is -2.38. The van der Waals surface area contributed by atoms with Crippen LogP contribution in [0.25, 0.3) is 0 Å². The van der Waals surface area contributed by atoms with E-state index < -0.39 is 11.4 Å². The van der Waals surface area contributed by atoms with E-state index in [9.17, 15) is 8.78 Å². The van der Waals surface area contributed by atoms with Gasteiger partial charge in [0.25, 0.3) is 0 Å². The maximum atomic E-state index is 12.8. The summed E-state index contributed by atoms with van der Waals surface area (Å²) >= 11 is 4.85. The molecule has 1 unspecified atom stereocenters. The molecule has 14 heavy (non-hydrogen) atoms. The number of hydrazine groups is 1. The zero-order chi connectivity index (χ0) is 10.8. The molecule has 0 aliphatic rings. The van der Waals surface area contributed by atoms with Crippen LogP contribution in [0.3, 0.4) is 0 Å². The van der Waals surface area contributed by atoms with Crippen molar-refractivity contribution in [2.45, 2.75) is 11.4 Å². The van der Waals surface area contributed by atoms with E-state index in [0.29, 0.717) is 0 Å².